The molecule has 32 heavy (non-hydrogen) atoms. The topological polar surface area (TPSA) is 122 Å². The molecule has 1 aromatic heterocycles. The molecule has 0 radical (unpaired) electrons. The quantitative estimate of drug-likeness (QED) is 0.610. The molecular weight excluding hydrogens is 421 g/mol. The number of ether oxygens (including phenoxy) is 1. The maximum absolute atomic E-state index is 14.7. The van der Waals surface area contributed by atoms with Gasteiger partial charge in [0, 0.05) is 44.6 Å². The average Bonchev–Trinajstić information content (AvgIpc) is 3.60. The van der Waals surface area contributed by atoms with Crippen molar-refractivity contribution in [3.63, 3.8) is 0 Å². The Balaban J connectivity index is 1.23. The van der Waals surface area contributed by atoms with Crippen LogP contribution in [-0.2, 0) is 19.1 Å². The molecule has 3 atom stereocenters. The van der Waals surface area contributed by atoms with E-state index in [9.17, 15) is 18.8 Å². The van der Waals surface area contributed by atoms with Gasteiger partial charge in [0.25, 0.3) is 11.8 Å². The third-order valence-electron chi connectivity index (χ3n) is 6.18. The predicted molar refractivity (Wildman–Crippen MR) is 108 cm³/mol. The highest BCUT2D eigenvalue weighted by Crippen LogP contribution is 2.34. The van der Waals surface area contributed by atoms with E-state index in [1.54, 1.807) is 11.1 Å². The van der Waals surface area contributed by atoms with Gasteiger partial charge in [-0.1, -0.05) is 5.21 Å². The van der Waals surface area contributed by atoms with Crippen molar-refractivity contribution in [2.24, 2.45) is 10.9 Å². The summed E-state index contributed by atoms with van der Waals surface area (Å²) in [6.45, 7) is 1.73. The number of carbonyl (C=O) groups excluding carboxylic acids is 3. The highest BCUT2D eigenvalue weighted by Gasteiger charge is 2.44. The zero-order chi connectivity index (χ0) is 22.2. The van der Waals surface area contributed by atoms with Crippen molar-refractivity contribution >= 4 is 23.4 Å². The molecule has 1 N–H and O–H groups in total. The van der Waals surface area contributed by atoms with Crippen molar-refractivity contribution < 1.29 is 23.5 Å². The first-order valence-corrected chi connectivity index (χ1v) is 10.5. The van der Waals surface area contributed by atoms with Crippen LogP contribution in [0.1, 0.15) is 12.8 Å². The van der Waals surface area contributed by atoms with Crippen LogP contribution in [0.4, 0.5) is 4.39 Å². The fourth-order valence-electron chi connectivity index (χ4n) is 4.48. The lowest BCUT2D eigenvalue weighted by atomic mass is 9.88. The lowest BCUT2D eigenvalue weighted by molar-refractivity contribution is -0.148. The van der Waals surface area contributed by atoms with E-state index >= 15 is 0 Å². The second kappa shape index (κ2) is 8.26. The summed E-state index contributed by atoms with van der Waals surface area (Å²) in [5, 5.41) is 10.5. The van der Waals surface area contributed by atoms with Crippen LogP contribution in [0.5, 0.6) is 0 Å². The number of hydrogen-bond donors (Lipinski definition) is 1. The summed E-state index contributed by atoms with van der Waals surface area (Å²) in [6.07, 6.45) is 6.60. The third kappa shape index (κ3) is 3.49. The number of rotatable bonds is 3. The molecule has 2 saturated heterocycles. The molecule has 2 fully saturated rings. The number of Topliss-reactive ketones (excluding diaryl/α,β-unsaturated/α-hetero) is 1. The summed E-state index contributed by atoms with van der Waals surface area (Å²) in [4.78, 5) is 45.5. The minimum atomic E-state index is -0.967. The van der Waals surface area contributed by atoms with E-state index in [1.165, 1.54) is 22.0 Å². The van der Waals surface area contributed by atoms with E-state index in [0.717, 1.165) is 12.6 Å². The molecule has 168 valence electrons. The fourth-order valence-corrected chi connectivity index (χ4v) is 4.48. The van der Waals surface area contributed by atoms with Gasteiger partial charge in [-0.3, -0.25) is 14.4 Å². The number of ketones is 1. The maximum Gasteiger partial charge on any atom is 0.294 e. The first-order valence-electron chi connectivity index (χ1n) is 10.5. The molecule has 0 bridgehead atoms. The van der Waals surface area contributed by atoms with Crippen molar-refractivity contribution in [2.45, 2.75) is 25.0 Å². The number of nitrogens with one attached hydrogen (secondary N) is 1. The average molecular weight is 443 g/mol. The molecule has 1 aromatic rings. The molecule has 0 saturated carbocycles. The highest BCUT2D eigenvalue weighted by molar-refractivity contribution is 6.43. The Hall–Kier alpha value is -3.41. The largest absolute Gasteiger partial charge is 0.380 e. The molecule has 5 heterocycles. The van der Waals surface area contributed by atoms with Crippen LogP contribution >= 0.6 is 0 Å². The van der Waals surface area contributed by atoms with Gasteiger partial charge in [-0.25, -0.2) is 14.1 Å². The second-order valence-electron chi connectivity index (χ2n) is 8.02. The minimum Gasteiger partial charge on any atom is -0.380 e. The first kappa shape index (κ1) is 20.5. The Morgan fingerprint density at radius 2 is 1.94 bits per heavy atom. The van der Waals surface area contributed by atoms with Crippen LogP contribution in [0.25, 0.3) is 0 Å². The van der Waals surface area contributed by atoms with Gasteiger partial charge in [-0.15, -0.1) is 5.10 Å². The Kier molecular flexibility index (Phi) is 5.29. The Bertz CT molecular complexity index is 1020. The van der Waals surface area contributed by atoms with Crippen LogP contribution in [0.15, 0.2) is 41.2 Å². The summed E-state index contributed by atoms with van der Waals surface area (Å²) >= 11 is 0. The number of hydrogen-bond acceptors (Lipinski definition) is 8. The number of nitrogens with zero attached hydrogens (tertiary/aromatic N) is 6. The molecule has 4 aliphatic heterocycles. The van der Waals surface area contributed by atoms with E-state index in [-0.39, 0.29) is 24.6 Å². The second-order valence-corrected chi connectivity index (χ2v) is 8.02. The summed E-state index contributed by atoms with van der Waals surface area (Å²) in [6, 6.07) is -0.672. The van der Waals surface area contributed by atoms with E-state index in [1.807, 2.05) is 0 Å². The monoisotopic (exact) mass is 443 g/mol. The van der Waals surface area contributed by atoms with Gasteiger partial charge in [0.2, 0.25) is 5.78 Å². The van der Waals surface area contributed by atoms with E-state index in [4.69, 9.17) is 4.74 Å². The molecule has 11 nitrogen and oxygen atoms in total. The normalized spacial score (nSPS) is 27.3. The Morgan fingerprint density at radius 3 is 2.62 bits per heavy atom. The highest BCUT2D eigenvalue weighted by atomic mass is 19.1. The van der Waals surface area contributed by atoms with Gasteiger partial charge in [-0.2, -0.15) is 0 Å². The zero-order valence-electron chi connectivity index (χ0n) is 17.2. The van der Waals surface area contributed by atoms with Crippen LogP contribution in [0.3, 0.4) is 0 Å². The summed E-state index contributed by atoms with van der Waals surface area (Å²) < 4.78 is 21.5. The van der Waals surface area contributed by atoms with Gasteiger partial charge in [0.15, 0.2) is 5.84 Å². The van der Waals surface area contributed by atoms with Crippen molar-refractivity contribution in [2.75, 3.05) is 32.8 Å². The maximum atomic E-state index is 14.7. The minimum absolute atomic E-state index is 0.0409. The summed E-state index contributed by atoms with van der Waals surface area (Å²) in [7, 11) is 0. The Labute approximate surface area is 182 Å². The van der Waals surface area contributed by atoms with Crippen molar-refractivity contribution in [1.29, 1.82) is 0 Å². The fraction of sp³-hybridized carbons (Fsp3) is 0.500. The van der Waals surface area contributed by atoms with Crippen molar-refractivity contribution in [3.8, 4) is 0 Å². The number of fused-ring (bicyclic) bond motifs is 1. The van der Waals surface area contributed by atoms with E-state index in [2.05, 4.69) is 20.6 Å². The van der Waals surface area contributed by atoms with Gasteiger partial charge >= 0.3 is 0 Å². The SMILES string of the molecule is O=C(C(=O)N1CCN(C(=O)C2CCCO2)CC1)C1=CNC2C(n3ccnn3)=NC=C(F)C12. The van der Waals surface area contributed by atoms with Crippen molar-refractivity contribution in [3.05, 3.63) is 36.2 Å². The molecular formula is C20H22FN7O4. The van der Waals surface area contributed by atoms with Crippen LogP contribution in [0.2, 0.25) is 0 Å². The third-order valence-corrected chi connectivity index (χ3v) is 6.18. The zero-order valence-corrected chi connectivity index (χ0v) is 17.2. The molecule has 0 aromatic carbocycles. The summed E-state index contributed by atoms with van der Waals surface area (Å²) in [5.74, 6) is -2.75. The molecule has 0 aliphatic carbocycles. The number of piperazine rings is 1. The molecule has 4 aliphatic rings. The van der Waals surface area contributed by atoms with Gasteiger partial charge in [-0.05, 0) is 12.8 Å². The molecule has 12 heteroatoms. The smallest absolute Gasteiger partial charge is 0.294 e. The number of halogens is 1. The Morgan fingerprint density at radius 1 is 1.16 bits per heavy atom. The molecule has 2 amide bonds. The van der Waals surface area contributed by atoms with Gasteiger partial charge < -0.3 is 19.9 Å². The number of aromatic nitrogens is 3. The number of aliphatic imine (C=N–C) groups is 1. The molecule has 0 spiro atoms. The molecule has 3 unspecified atom stereocenters. The lowest BCUT2D eigenvalue weighted by Crippen LogP contribution is -2.54. The van der Waals surface area contributed by atoms with Gasteiger partial charge in [0.1, 0.15) is 11.9 Å². The first-order chi connectivity index (χ1) is 15.5. The predicted octanol–water partition coefficient (Wildman–Crippen LogP) is -0.760. The van der Waals surface area contributed by atoms with Crippen molar-refractivity contribution in [1.82, 2.24) is 30.1 Å². The summed E-state index contributed by atoms with van der Waals surface area (Å²) in [5.41, 5.74) is 0.0409. The van der Waals surface area contributed by atoms with Gasteiger partial charge in [0.05, 0.1) is 30.6 Å². The van der Waals surface area contributed by atoms with Crippen LogP contribution in [-0.4, -0.2) is 93.2 Å². The lowest BCUT2D eigenvalue weighted by Gasteiger charge is -2.35. The standard InChI is InChI=1S/C20H22FN7O4/c21-13-11-23-18(28-4-3-24-25-28)16-15(13)12(10-22-16)17(29)20(31)27-7-5-26(6-8-27)19(30)14-2-1-9-32-14/h3-4,10-11,14-16,22H,1-2,5-9H2. The van der Waals surface area contributed by atoms with Crippen LogP contribution in [0, 0.1) is 5.92 Å². The van der Waals surface area contributed by atoms with Crippen LogP contribution < -0.4 is 5.32 Å². The molecule has 5 rings (SSSR count). The number of amides is 2. The van der Waals surface area contributed by atoms with E-state index < -0.39 is 35.6 Å². The number of carbonyl (C=O) groups is 3. The van der Waals surface area contributed by atoms with E-state index in [0.29, 0.717) is 32.0 Å².